The van der Waals surface area contributed by atoms with Crippen LogP contribution in [0.15, 0.2) is 60.7 Å². The Labute approximate surface area is 177 Å². The molecule has 1 aliphatic rings. The Balaban J connectivity index is 1.80. The number of hydrogen-bond donors (Lipinski definition) is 0. The van der Waals surface area contributed by atoms with Crippen LogP contribution in [-0.2, 0) is 13.0 Å². The summed E-state index contributed by atoms with van der Waals surface area (Å²) in [6.45, 7) is 3.99. The fourth-order valence-corrected chi connectivity index (χ4v) is 4.48. The molecule has 3 aromatic carbocycles. The van der Waals surface area contributed by atoms with Gasteiger partial charge in [0, 0.05) is 18.1 Å². The van der Waals surface area contributed by atoms with Gasteiger partial charge in [0.2, 0.25) is 0 Å². The number of hydrogen-bond acceptors (Lipinski definition) is 3. The van der Waals surface area contributed by atoms with Crippen molar-refractivity contribution in [2.24, 2.45) is 0 Å². The summed E-state index contributed by atoms with van der Waals surface area (Å²) in [5.74, 6) is 1.54. The molecule has 0 amide bonds. The van der Waals surface area contributed by atoms with Gasteiger partial charge in [0.15, 0.2) is 11.5 Å². The molecule has 0 aliphatic carbocycles. The van der Waals surface area contributed by atoms with Gasteiger partial charge in [-0.15, -0.1) is 0 Å². The van der Waals surface area contributed by atoms with Crippen LogP contribution in [0.25, 0.3) is 0 Å². The van der Waals surface area contributed by atoms with Crippen molar-refractivity contribution in [3.05, 3.63) is 93.5 Å². The van der Waals surface area contributed by atoms with E-state index in [4.69, 9.17) is 21.1 Å². The molecule has 0 saturated carbocycles. The van der Waals surface area contributed by atoms with Gasteiger partial charge in [0.1, 0.15) is 0 Å². The van der Waals surface area contributed by atoms with Crippen molar-refractivity contribution in [2.45, 2.75) is 25.9 Å². The number of benzene rings is 3. The van der Waals surface area contributed by atoms with Gasteiger partial charge in [-0.05, 0) is 59.9 Å². The molecule has 0 bridgehead atoms. The Morgan fingerprint density at radius 3 is 2.45 bits per heavy atom. The molecule has 1 heterocycles. The minimum atomic E-state index is 0.109. The summed E-state index contributed by atoms with van der Waals surface area (Å²) in [6, 6.07) is 21.3. The molecule has 1 aliphatic heterocycles. The van der Waals surface area contributed by atoms with E-state index in [9.17, 15) is 0 Å². The van der Waals surface area contributed by atoms with Crippen LogP contribution in [-0.4, -0.2) is 25.7 Å². The lowest BCUT2D eigenvalue weighted by Crippen LogP contribution is -2.35. The highest BCUT2D eigenvalue weighted by molar-refractivity contribution is 6.30. The number of aryl methyl sites for hydroxylation is 1. The number of halogens is 1. The molecule has 29 heavy (non-hydrogen) atoms. The summed E-state index contributed by atoms with van der Waals surface area (Å²) >= 11 is 6.36. The van der Waals surface area contributed by atoms with Crippen LogP contribution >= 0.6 is 11.6 Å². The quantitative estimate of drug-likeness (QED) is 0.532. The smallest absolute Gasteiger partial charge is 0.161 e. The molecule has 3 nitrogen and oxygen atoms in total. The first kappa shape index (κ1) is 19.8. The fraction of sp³-hybridized carbons (Fsp3) is 0.280. The Morgan fingerprint density at radius 2 is 1.72 bits per heavy atom. The second kappa shape index (κ2) is 8.48. The predicted molar refractivity (Wildman–Crippen MR) is 118 cm³/mol. The molecule has 0 fully saturated rings. The molecular formula is C25H26ClNO2. The third-order valence-electron chi connectivity index (χ3n) is 5.61. The third-order valence-corrected chi connectivity index (χ3v) is 5.84. The van der Waals surface area contributed by atoms with Gasteiger partial charge < -0.3 is 9.47 Å². The minimum Gasteiger partial charge on any atom is -0.493 e. The third kappa shape index (κ3) is 4.12. The first-order valence-corrected chi connectivity index (χ1v) is 10.3. The largest absolute Gasteiger partial charge is 0.493 e. The SMILES string of the molecule is COc1cc2c(cc1OC)C(c1cccc(Cl)c1)N(Cc1cccc(C)c1)CC2. The van der Waals surface area contributed by atoms with E-state index in [0.29, 0.717) is 0 Å². The second-order valence-corrected chi connectivity index (χ2v) is 8.01. The van der Waals surface area contributed by atoms with E-state index < -0.39 is 0 Å². The molecule has 1 unspecified atom stereocenters. The highest BCUT2D eigenvalue weighted by Crippen LogP contribution is 2.41. The van der Waals surface area contributed by atoms with Gasteiger partial charge in [-0.1, -0.05) is 53.6 Å². The highest BCUT2D eigenvalue weighted by Gasteiger charge is 2.30. The summed E-state index contributed by atoms with van der Waals surface area (Å²) in [7, 11) is 3.37. The van der Waals surface area contributed by atoms with Crippen LogP contribution in [0.3, 0.4) is 0 Å². The van der Waals surface area contributed by atoms with Crippen LogP contribution in [0.2, 0.25) is 5.02 Å². The van der Waals surface area contributed by atoms with Crippen molar-refractivity contribution >= 4 is 11.6 Å². The standard InChI is InChI=1S/C25H26ClNO2/c1-17-6-4-7-18(12-17)16-27-11-10-19-14-23(28-2)24(29-3)15-22(19)25(27)20-8-5-9-21(26)13-20/h4-9,12-15,25H,10-11,16H2,1-3H3. The van der Waals surface area contributed by atoms with Crippen LogP contribution < -0.4 is 9.47 Å². The lowest BCUT2D eigenvalue weighted by molar-refractivity contribution is 0.203. The summed E-state index contributed by atoms with van der Waals surface area (Å²) in [5, 5.41) is 0.755. The number of rotatable bonds is 5. The fourth-order valence-electron chi connectivity index (χ4n) is 4.28. The van der Waals surface area contributed by atoms with Crippen molar-refractivity contribution in [3.63, 3.8) is 0 Å². The van der Waals surface area contributed by atoms with E-state index >= 15 is 0 Å². The summed E-state index contributed by atoms with van der Waals surface area (Å²) in [4.78, 5) is 2.52. The predicted octanol–water partition coefficient (Wildman–Crippen LogP) is 5.81. The maximum atomic E-state index is 6.36. The maximum absolute atomic E-state index is 6.36. The average Bonchev–Trinajstić information content (AvgIpc) is 2.72. The number of methoxy groups -OCH3 is 2. The van der Waals surface area contributed by atoms with E-state index in [1.54, 1.807) is 14.2 Å². The van der Waals surface area contributed by atoms with Crippen LogP contribution in [0.1, 0.15) is 33.9 Å². The van der Waals surface area contributed by atoms with Crippen molar-refractivity contribution in [1.82, 2.24) is 4.90 Å². The van der Waals surface area contributed by atoms with Crippen LogP contribution in [0, 0.1) is 6.92 Å². The number of fused-ring (bicyclic) bond motifs is 1. The van der Waals surface area contributed by atoms with E-state index in [2.05, 4.69) is 60.4 Å². The molecule has 4 heteroatoms. The summed E-state index contributed by atoms with van der Waals surface area (Å²) in [5.41, 5.74) is 6.35. The summed E-state index contributed by atoms with van der Waals surface area (Å²) in [6.07, 6.45) is 0.971. The molecule has 3 aromatic rings. The van der Waals surface area contributed by atoms with E-state index in [1.807, 2.05) is 12.1 Å². The Hall–Kier alpha value is -2.49. The first-order valence-electron chi connectivity index (χ1n) is 9.89. The van der Waals surface area contributed by atoms with E-state index in [-0.39, 0.29) is 6.04 Å². The molecule has 1 atom stereocenters. The van der Waals surface area contributed by atoms with Gasteiger partial charge in [0.05, 0.1) is 20.3 Å². The second-order valence-electron chi connectivity index (χ2n) is 7.57. The van der Waals surface area contributed by atoms with Gasteiger partial charge in [0.25, 0.3) is 0 Å². The van der Waals surface area contributed by atoms with Crippen LogP contribution in [0.4, 0.5) is 0 Å². The molecule has 4 rings (SSSR count). The minimum absolute atomic E-state index is 0.109. The van der Waals surface area contributed by atoms with Crippen LogP contribution in [0.5, 0.6) is 11.5 Å². The van der Waals surface area contributed by atoms with Gasteiger partial charge in [-0.2, -0.15) is 0 Å². The van der Waals surface area contributed by atoms with Gasteiger partial charge >= 0.3 is 0 Å². The lowest BCUT2D eigenvalue weighted by Gasteiger charge is -2.38. The molecule has 0 N–H and O–H groups in total. The van der Waals surface area contributed by atoms with Crippen molar-refractivity contribution in [3.8, 4) is 11.5 Å². The molecule has 0 radical (unpaired) electrons. The first-order chi connectivity index (χ1) is 14.1. The molecule has 0 saturated heterocycles. The molecule has 150 valence electrons. The maximum Gasteiger partial charge on any atom is 0.161 e. The monoisotopic (exact) mass is 407 g/mol. The van der Waals surface area contributed by atoms with Crippen molar-refractivity contribution in [2.75, 3.05) is 20.8 Å². The average molecular weight is 408 g/mol. The zero-order chi connectivity index (χ0) is 20.4. The normalized spacial score (nSPS) is 16.3. The number of nitrogens with zero attached hydrogens (tertiary/aromatic N) is 1. The van der Waals surface area contributed by atoms with Gasteiger partial charge in [-0.25, -0.2) is 0 Å². The summed E-state index contributed by atoms with van der Waals surface area (Å²) < 4.78 is 11.1. The van der Waals surface area contributed by atoms with E-state index in [1.165, 1.54) is 27.8 Å². The van der Waals surface area contributed by atoms with Crippen molar-refractivity contribution in [1.29, 1.82) is 0 Å². The Kier molecular flexibility index (Phi) is 5.79. The Morgan fingerprint density at radius 1 is 0.966 bits per heavy atom. The lowest BCUT2D eigenvalue weighted by atomic mass is 9.87. The zero-order valence-corrected chi connectivity index (χ0v) is 17.9. The Bertz CT molecular complexity index is 1020. The van der Waals surface area contributed by atoms with Gasteiger partial charge in [-0.3, -0.25) is 4.90 Å². The van der Waals surface area contributed by atoms with Crippen molar-refractivity contribution < 1.29 is 9.47 Å². The molecule has 0 aromatic heterocycles. The molecular weight excluding hydrogens is 382 g/mol. The highest BCUT2D eigenvalue weighted by atomic mass is 35.5. The topological polar surface area (TPSA) is 21.7 Å². The van der Waals surface area contributed by atoms with E-state index in [0.717, 1.165) is 36.0 Å². The zero-order valence-electron chi connectivity index (χ0n) is 17.1. The number of ether oxygens (including phenoxy) is 2. The molecule has 0 spiro atoms.